The number of hydrogen-bond donors (Lipinski definition) is 1. The second-order valence-corrected chi connectivity index (χ2v) is 5.71. The van der Waals surface area contributed by atoms with Crippen molar-refractivity contribution >= 4 is 15.7 Å². The Morgan fingerprint density at radius 3 is 2.47 bits per heavy atom. The first-order valence-electron chi connectivity index (χ1n) is 4.92. The number of nitrogens with zero attached hydrogens (tertiary/aromatic N) is 2. The Morgan fingerprint density at radius 1 is 1.35 bits per heavy atom. The Morgan fingerprint density at radius 2 is 1.94 bits per heavy atom. The van der Waals surface area contributed by atoms with E-state index in [9.17, 15) is 18.5 Å². The van der Waals surface area contributed by atoms with Crippen LogP contribution in [0.4, 0.5) is 5.69 Å². The Hall–Kier alpha value is -1.51. The smallest absolute Gasteiger partial charge is 0.289 e. The molecule has 2 rings (SSSR count). The van der Waals surface area contributed by atoms with Gasteiger partial charge in [-0.05, 0) is 6.07 Å². The Labute approximate surface area is 98.0 Å². The van der Waals surface area contributed by atoms with Crippen molar-refractivity contribution in [3.05, 3.63) is 34.4 Å². The maximum Gasteiger partial charge on any atom is 0.289 e. The van der Waals surface area contributed by atoms with Crippen LogP contribution in [0.3, 0.4) is 0 Å². The van der Waals surface area contributed by atoms with Gasteiger partial charge in [0.25, 0.3) is 5.69 Å². The third-order valence-electron chi connectivity index (χ3n) is 2.56. The third kappa shape index (κ3) is 2.02. The number of rotatable bonds is 3. The molecule has 1 fully saturated rings. The summed E-state index contributed by atoms with van der Waals surface area (Å²) in [5.41, 5.74) is 5.09. The van der Waals surface area contributed by atoms with Crippen molar-refractivity contribution in [2.24, 2.45) is 5.73 Å². The van der Waals surface area contributed by atoms with Crippen LogP contribution >= 0.6 is 0 Å². The summed E-state index contributed by atoms with van der Waals surface area (Å²) < 4.78 is 25.2. The molecular weight excluding hydrogens is 246 g/mol. The fraction of sp³-hybridized carbons (Fsp3) is 0.333. The SMILES string of the molecule is NC1CN(S(=O)(=O)c2ccccc2[N+](=O)[O-])C1. The van der Waals surface area contributed by atoms with E-state index < -0.39 is 20.6 Å². The molecule has 0 aromatic heterocycles. The Kier molecular flexibility index (Phi) is 2.86. The van der Waals surface area contributed by atoms with Gasteiger partial charge < -0.3 is 5.73 Å². The van der Waals surface area contributed by atoms with Gasteiger partial charge in [-0.1, -0.05) is 12.1 Å². The lowest BCUT2D eigenvalue weighted by molar-refractivity contribution is -0.387. The van der Waals surface area contributed by atoms with Crippen molar-refractivity contribution in [3.63, 3.8) is 0 Å². The molecule has 0 atom stereocenters. The van der Waals surface area contributed by atoms with Gasteiger partial charge in [0.1, 0.15) is 0 Å². The molecule has 1 aromatic carbocycles. The summed E-state index contributed by atoms with van der Waals surface area (Å²) in [6.45, 7) is 0.406. The summed E-state index contributed by atoms with van der Waals surface area (Å²) in [4.78, 5) is 9.78. The maximum atomic E-state index is 12.1. The van der Waals surface area contributed by atoms with Gasteiger partial charge in [0, 0.05) is 25.2 Å². The van der Waals surface area contributed by atoms with Crippen molar-refractivity contribution in [1.29, 1.82) is 0 Å². The Bertz CT molecular complexity index is 551. The third-order valence-corrected chi connectivity index (χ3v) is 4.44. The molecule has 1 heterocycles. The number of benzene rings is 1. The lowest BCUT2D eigenvalue weighted by Gasteiger charge is -2.35. The Balaban J connectivity index is 2.43. The molecule has 1 aromatic rings. The van der Waals surface area contributed by atoms with E-state index in [2.05, 4.69) is 0 Å². The first-order valence-corrected chi connectivity index (χ1v) is 6.36. The van der Waals surface area contributed by atoms with Gasteiger partial charge in [-0.3, -0.25) is 10.1 Å². The summed E-state index contributed by atoms with van der Waals surface area (Å²) in [5.74, 6) is 0. The predicted octanol–water partition coefficient (Wildman–Crippen LogP) is -0.0736. The van der Waals surface area contributed by atoms with E-state index in [1.807, 2.05) is 0 Å². The van der Waals surface area contributed by atoms with E-state index in [0.717, 1.165) is 4.31 Å². The lowest BCUT2D eigenvalue weighted by Crippen LogP contribution is -2.57. The molecule has 17 heavy (non-hydrogen) atoms. The number of hydrogen-bond acceptors (Lipinski definition) is 5. The molecule has 1 saturated heterocycles. The van der Waals surface area contributed by atoms with Crippen LogP contribution < -0.4 is 5.73 Å². The van der Waals surface area contributed by atoms with Crippen LogP contribution in [0.2, 0.25) is 0 Å². The van der Waals surface area contributed by atoms with Gasteiger partial charge in [0.2, 0.25) is 10.0 Å². The fourth-order valence-corrected chi connectivity index (χ4v) is 3.34. The normalized spacial score (nSPS) is 17.7. The van der Waals surface area contributed by atoms with Crippen molar-refractivity contribution in [2.45, 2.75) is 10.9 Å². The van der Waals surface area contributed by atoms with Gasteiger partial charge in [0.15, 0.2) is 4.90 Å². The molecule has 0 spiro atoms. The van der Waals surface area contributed by atoms with E-state index in [0.29, 0.717) is 0 Å². The first-order chi connectivity index (χ1) is 7.93. The number of nitro groups is 1. The van der Waals surface area contributed by atoms with Crippen LogP contribution in [-0.2, 0) is 10.0 Å². The minimum Gasteiger partial charge on any atom is -0.325 e. The molecule has 0 radical (unpaired) electrons. The van der Waals surface area contributed by atoms with E-state index in [4.69, 9.17) is 5.73 Å². The van der Waals surface area contributed by atoms with Gasteiger partial charge in [-0.15, -0.1) is 0 Å². The maximum absolute atomic E-state index is 12.1. The molecule has 92 valence electrons. The zero-order chi connectivity index (χ0) is 12.6. The largest absolute Gasteiger partial charge is 0.325 e. The van der Waals surface area contributed by atoms with Gasteiger partial charge in [-0.2, -0.15) is 4.31 Å². The molecule has 8 heteroatoms. The second kappa shape index (κ2) is 4.06. The summed E-state index contributed by atoms with van der Waals surface area (Å²) in [6, 6.07) is 5.11. The lowest BCUT2D eigenvalue weighted by atomic mass is 10.2. The van der Waals surface area contributed by atoms with Crippen LogP contribution in [0.1, 0.15) is 0 Å². The molecule has 7 nitrogen and oxygen atoms in total. The molecule has 0 aliphatic carbocycles. The average Bonchev–Trinajstić information content (AvgIpc) is 2.24. The molecule has 0 bridgehead atoms. The minimum atomic E-state index is -3.80. The fourth-order valence-electron chi connectivity index (χ4n) is 1.63. The molecular formula is C9H11N3O4S. The standard InChI is InChI=1S/C9H11N3O4S/c10-7-5-11(6-7)17(15,16)9-4-2-1-3-8(9)12(13)14/h1-4,7H,5-6,10H2. The van der Waals surface area contributed by atoms with E-state index in [-0.39, 0.29) is 24.0 Å². The molecule has 0 saturated carbocycles. The molecule has 0 unspecified atom stereocenters. The first kappa shape index (κ1) is 12.0. The van der Waals surface area contributed by atoms with Crippen molar-refractivity contribution < 1.29 is 13.3 Å². The van der Waals surface area contributed by atoms with Crippen molar-refractivity contribution in [2.75, 3.05) is 13.1 Å². The number of nitrogens with two attached hydrogens (primary N) is 1. The highest BCUT2D eigenvalue weighted by molar-refractivity contribution is 7.89. The topological polar surface area (TPSA) is 107 Å². The van der Waals surface area contributed by atoms with Crippen LogP contribution in [0.5, 0.6) is 0 Å². The van der Waals surface area contributed by atoms with Crippen molar-refractivity contribution in [1.82, 2.24) is 4.31 Å². The molecule has 1 aliphatic heterocycles. The highest BCUT2D eigenvalue weighted by Gasteiger charge is 2.38. The number of sulfonamides is 1. The summed E-state index contributed by atoms with van der Waals surface area (Å²) in [6.07, 6.45) is 0. The zero-order valence-electron chi connectivity index (χ0n) is 8.81. The highest BCUT2D eigenvalue weighted by atomic mass is 32.2. The zero-order valence-corrected chi connectivity index (χ0v) is 9.63. The molecule has 0 amide bonds. The summed E-state index contributed by atoms with van der Waals surface area (Å²) >= 11 is 0. The average molecular weight is 257 g/mol. The van der Waals surface area contributed by atoms with Gasteiger partial charge >= 0.3 is 0 Å². The van der Waals surface area contributed by atoms with Crippen LogP contribution in [-0.4, -0.2) is 36.8 Å². The highest BCUT2D eigenvalue weighted by Crippen LogP contribution is 2.28. The van der Waals surface area contributed by atoms with Gasteiger partial charge in [0.05, 0.1) is 4.92 Å². The number of nitro benzene ring substituents is 1. The van der Waals surface area contributed by atoms with Crippen LogP contribution in [0, 0.1) is 10.1 Å². The predicted molar refractivity (Wildman–Crippen MR) is 59.8 cm³/mol. The summed E-state index contributed by atoms with van der Waals surface area (Å²) in [5, 5.41) is 10.8. The van der Waals surface area contributed by atoms with Crippen molar-refractivity contribution in [3.8, 4) is 0 Å². The quantitative estimate of drug-likeness (QED) is 0.602. The molecule has 2 N–H and O–H groups in total. The molecule has 1 aliphatic rings. The minimum absolute atomic E-state index is 0.187. The van der Waals surface area contributed by atoms with Crippen LogP contribution in [0.25, 0.3) is 0 Å². The van der Waals surface area contributed by atoms with E-state index >= 15 is 0 Å². The second-order valence-electron chi connectivity index (χ2n) is 3.81. The van der Waals surface area contributed by atoms with Crippen LogP contribution in [0.15, 0.2) is 29.2 Å². The summed E-state index contributed by atoms with van der Waals surface area (Å²) in [7, 11) is -3.80. The van der Waals surface area contributed by atoms with Gasteiger partial charge in [-0.25, -0.2) is 8.42 Å². The van der Waals surface area contributed by atoms with E-state index in [1.165, 1.54) is 24.3 Å². The monoisotopic (exact) mass is 257 g/mol. The van der Waals surface area contributed by atoms with E-state index in [1.54, 1.807) is 0 Å². The number of para-hydroxylation sites is 1.